The first-order valence-corrected chi connectivity index (χ1v) is 6.55. The molecule has 1 aromatic rings. The van der Waals surface area contributed by atoms with Crippen molar-refractivity contribution in [2.45, 2.75) is 45.2 Å². The minimum absolute atomic E-state index is 0.177. The van der Waals surface area contributed by atoms with Crippen LogP contribution in [0, 0.1) is 0 Å². The van der Waals surface area contributed by atoms with Gasteiger partial charge in [-0.15, -0.1) is 0 Å². The van der Waals surface area contributed by atoms with E-state index in [0.29, 0.717) is 6.04 Å². The van der Waals surface area contributed by atoms with Crippen LogP contribution >= 0.6 is 0 Å². The molecule has 0 aliphatic carbocycles. The van der Waals surface area contributed by atoms with Gasteiger partial charge >= 0.3 is 5.97 Å². The Hall–Kier alpha value is -1.35. The lowest BCUT2D eigenvalue weighted by atomic mass is 10.1. The van der Waals surface area contributed by atoms with E-state index in [4.69, 9.17) is 4.74 Å². The van der Waals surface area contributed by atoms with Crippen LogP contribution in [0.5, 0.6) is 0 Å². The van der Waals surface area contributed by atoms with Gasteiger partial charge in [0, 0.05) is 6.04 Å². The van der Waals surface area contributed by atoms with Gasteiger partial charge in [0.15, 0.2) is 0 Å². The molecule has 2 atom stereocenters. The van der Waals surface area contributed by atoms with Crippen molar-refractivity contribution in [3.8, 4) is 0 Å². The Morgan fingerprint density at radius 2 is 2.00 bits per heavy atom. The summed E-state index contributed by atoms with van der Waals surface area (Å²) in [5.74, 6) is -0.177. The molecule has 1 aromatic carbocycles. The van der Waals surface area contributed by atoms with Gasteiger partial charge in [-0.3, -0.25) is 4.79 Å². The highest BCUT2D eigenvalue weighted by molar-refractivity contribution is 5.75. The smallest absolute Gasteiger partial charge is 0.322 e. The molecule has 0 bridgehead atoms. The highest BCUT2D eigenvalue weighted by atomic mass is 16.5. The van der Waals surface area contributed by atoms with Crippen molar-refractivity contribution < 1.29 is 9.53 Å². The number of hydrogen-bond donors (Lipinski definition) is 1. The summed E-state index contributed by atoms with van der Waals surface area (Å²) in [4.78, 5) is 11.5. The lowest BCUT2D eigenvalue weighted by Crippen LogP contribution is -2.42. The molecule has 0 amide bonds. The molecule has 0 saturated carbocycles. The number of benzene rings is 1. The largest absolute Gasteiger partial charge is 0.468 e. The van der Waals surface area contributed by atoms with Crippen molar-refractivity contribution in [1.82, 2.24) is 5.32 Å². The van der Waals surface area contributed by atoms with E-state index in [1.165, 1.54) is 12.7 Å². The van der Waals surface area contributed by atoms with E-state index in [-0.39, 0.29) is 12.0 Å². The van der Waals surface area contributed by atoms with Crippen LogP contribution in [0.15, 0.2) is 30.3 Å². The van der Waals surface area contributed by atoms with Crippen LogP contribution in [-0.2, 0) is 16.0 Å². The third kappa shape index (κ3) is 4.88. The molecule has 0 fully saturated rings. The maximum Gasteiger partial charge on any atom is 0.322 e. The van der Waals surface area contributed by atoms with Crippen molar-refractivity contribution in [3.63, 3.8) is 0 Å². The zero-order valence-corrected chi connectivity index (χ0v) is 11.5. The molecule has 0 aliphatic heterocycles. The average molecular weight is 249 g/mol. The molecule has 0 saturated heterocycles. The van der Waals surface area contributed by atoms with Crippen molar-refractivity contribution in [2.24, 2.45) is 0 Å². The van der Waals surface area contributed by atoms with Crippen molar-refractivity contribution >= 4 is 5.97 Å². The lowest BCUT2D eigenvalue weighted by Gasteiger charge is -2.20. The number of carbonyl (C=O) groups excluding carboxylic acids is 1. The quantitative estimate of drug-likeness (QED) is 0.755. The number of nitrogens with one attached hydrogen (secondary N) is 1. The minimum Gasteiger partial charge on any atom is -0.468 e. The third-order valence-electron chi connectivity index (χ3n) is 3.09. The summed E-state index contributed by atoms with van der Waals surface area (Å²) in [7, 11) is 1.43. The van der Waals surface area contributed by atoms with Gasteiger partial charge < -0.3 is 10.1 Å². The minimum atomic E-state index is -0.194. The van der Waals surface area contributed by atoms with Gasteiger partial charge in [0.25, 0.3) is 0 Å². The standard InChI is InChI=1S/C15H23NO2/c1-4-14(15(17)18-3)16-12(2)10-11-13-8-6-5-7-9-13/h5-9,12,14,16H,4,10-11H2,1-3H3. The fourth-order valence-electron chi connectivity index (χ4n) is 1.95. The number of esters is 1. The number of methoxy groups -OCH3 is 1. The first-order chi connectivity index (χ1) is 8.67. The average Bonchev–Trinajstić information content (AvgIpc) is 2.42. The Morgan fingerprint density at radius 3 is 2.56 bits per heavy atom. The molecule has 2 unspecified atom stereocenters. The summed E-state index contributed by atoms with van der Waals surface area (Å²) in [6.07, 6.45) is 2.78. The molecule has 1 N–H and O–H groups in total. The summed E-state index contributed by atoms with van der Waals surface area (Å²) in [5.41, 5.74) is 1.33. The topological polar surface area (TPSA) is 38.3 Å². The van der Waals surface area contributed by atoms with Crippen LogP contribution in [0.4, 0.5) is 0 Å². The molecule has 1 rings (SSSR count). The van der Waals surface area contributed by atoms with E-state index in [0.717, 1.165) is 19.3 Å². The van der Waals surface area contributed by atoms with Crippen molar-refractivity contribution in [2.75, 3.05) is 7.11 Å². The molecule has 3 nitrogen and oxygen atoms in total. The van der Waals surface area contributed by atoms with Gasteiger partial charge in [-0.25, -0.2) is 0 Å². The molecule has 0 aliphatic rings. The first-order valence-electron chi connectivity index (χ1n) is 6.55. The molecule has 0 radical (unpaired) electrons. The maximum absolute atomic E-state index is 11.5. The fraction of sp³-hybridized carbons (Fsp3) is 0.533. The van der Waals surface area contributed by atoms with Gasteiger partial charge in [-0.1, -0.05) is 37.3 Å². The second kappa shape index (κ2) is 7.88. The lowest BCUT2D eigenvalue weighted by molar-refractivity contribution is -0.143. The van der Waals surface area contributed by atoms with E-state index in [9.17, 15) is 4.79 Å². The maximum atomic E-state index is 11.5. The Labute approximate surface area is 110 Å². The summed E-state index contributed by atoms with van der Waals surface area (Å²) >= 11 is 0. The molecule has 100 valence electrons. The van der Waals surface area contributed by atoms with Gasteiger partial charge in [0.05, 0.1) is 7.11 Å². The van der Waals surface area contributed by atoms with E-state index in [2.05, 4.69) is 36.5 Å². The van der Waals surface area contributed by atoms with E-state index < -0.39 is 0 Å². The van der Waals surface area contributed by atoms with Crippen LogP contribution in [0.1, 0.15) is 32.3 Å². The van der Waals surface area contributed by atoms with Gasteiger partial charge in [-0.2, -0.15) is 0 Å². The summed E-state index contributed by atoms with van der Waals surface area (Å²) in [5, 5.41) is 3.31. The van der Waals surface area contributed by atoms with Crippen molar-refractivity contribution in [1.29, 1.82) is 0 Å². The van der Waals surface area contributed by atoms with Gasteiger partial charge in [-0.05, 0) is 31.7 Å². The predicted octanol–water partition coefficient (Wildman–Crippen LogP) is 2.55. The van der Waals surface area contributed by atoms with Gasteiger partial charge in [0.1, 0.15) is 6.04 Å². The van der Waals surface area contributed by atoms with Crippen LogP contribution in [0.25, 0.3) is 0 Å². The van der Waals surface area contributed by atoms with Crippen LogP contribution in [0.2, 0.25) is 0 Å². The predicted molar refractivity (Wildman–Crippen MR) is 73.5 cm³/mol. The monoisotopic (exact) mass is 249 g/mol. The highest BCUT2D eigenvalue weighted by Crippen LogP contribution is 2.06. The van der Waals surface area contributed by atoms with Crippen LogP contribution in [-0.4, -0.2) is 25.2 Å². The number of rotatable bonds is 7. The Bertz CT molecular complexity index is 351. The summed E-state index contributed by atoms with van der Waals surface area (Å²) in [6, 6.07) is 10.5. The third-order valence-corrected chi connectivity index (χ3v) is 3.09. The number of carbonyl (C=O) groups is 1. The van der Waals surface area contributed by atoms with Gasteiger partial charge in [0.2, 0.25) is 0 Å². The molecule has 0 spiro atoms. The van der Waals surface area contributed by atoms with E-state index >= 15 is 0 Å². The SMILES string of the molecule is CCC(NC(C)CCc1ccccc1)C(=O)OC. The van der Waals surface area contributed by atoms with E-state index in [1.54, 1.807) is 0 Å². The summed E-state index contributed by atoms with van der Waals surface area (Å²) < 4.78 is 4.77. The number of ether oxygens (including phenoxy) is 1. The normalized spacial score (nSPS) is 13.9. The zero-order chi connectivity index (χ0) is 13.4. The second-order valence-corrected chi connectivity index (χ2v) is 4.58. The Balaban J connectivity index is 2.36. The zero-order valence-electron chi connectivity index (χ0n) is 11.5. The van der Waals surface area contributed by atoms with E-state index in [1.807, 2.05) is 13.0 Å². The highest BCUT2D eigenvalue weighted by Gasteiger charge is 2.18. The Morgan fingerprint density at radius 1 is 1.33 bits per heavy atom. The van der Waals surface area contributed by atoms with Crippen molar-refractivity contribution in [3.05, 3.63) is 35.9 Å². The molecular formula is C15H23NO2. The molecule has 0 heterocycles. The second-order valence-electron chi connectivity index (χ2n) is 4.58. The Kier molecular flexibility index (Phi) is 6.44. The van der Waals surface area contributed by atoms with Crippen LogP contribution < -0.4 is 5.32 Å². The molecular weight excluding hydrogens is 226 g/mol. The molecule has 0 aromatic heterocycles. The summed E-state index contributed by atoms with van der Waals surface area (Å²) in [6.45, 7) is 4.09. The number of hydrogen-bond acceptors (Lipinski definition) is 3. The van der Waals surface area contributed by atoms with Crippen LogP contribution in [0.3, 0.4) is 0 Å². The number of aryl methyl sites for hydroxylation is 1. The molecule has 3 heteroatoms. The first kappa shape index (κ1) is 14.7. The fourth-order valence-corrected chi connectivity index (χ4v) is 1.95. The molecule has 18 heavy (non-hydrogen) atoms.